The van der Waals surface area contributed by atoms with Gasteiger partial charge >= 0.3 is 0 Å². The molecular formula is C11H24N2O2. The molecular weight excluding hydrogens is 192 g/mol. The summed E-state index contributed by atoms with van der Waals surface area (Å²) in [6, 6.07) is 0. The summed E-state index contributed by atoms with van der Waals surface area (Å²) < 4.78 is 0. The number of hydroxylamine groups is 1. The molecule has 0 heterocycles. The average molecular weight is 216 g/mol. The maximum absolute atomic E-state index is 11.2. The summed E-state index contributed by atoms with van der Waals surface area (Å²) in [5, 5.41) is 0. The Morgan fingerprint density at radius 3 is 2.60 bits per heavy atom. The summed E-state index contributed by atoms with van der Waals surface area (Å²) in [5.74, 6) is 0.544. The first-order valence-electron chi connectivity index (χ1n) is 5.85. The van der Waals surface area contributed by atoms with Crippen molar-refractivity contribution < 1.29 is 9.63 Å². The van der Waals surface area contributed by atoms with E-state index in [-0.39, 0.29) is 5.91 Å². The molecule has 15 heavy (non-hydrogen) atoms. The normalized spacial score (nSPS) is 12.5. The Kier molecular flexibility index (Phi) is 9.52. The predicted molar refractivity (Wildman–Crippen MR) is 61.1 cm³/mol. The van der Waals surface area contributed by atoms with Gasteiger partial charge in [0.25, 0.3) is 0 Å². The van der Waals surface area contributed by atoms with Crippen LogP contribution in [-0.4, -0.2) is 19.1 Å². The highest BCUT2D eigenvalue weighted by molar-refractivity contribution is 5.74. The van der Waals surface area contributed by atoms with E-state index in [1.54, 1.807) is 0 Å². The Morgan fingerprint density at radius 1 is 1.33 bits per heavy atom. The lowest BCUT2D eigenvalue weighted by molar-refractivity contribution is -0.133. The first kappa shape index (κ1) is 14.4. The van der Waals surface area contributed by atoms with Crippen LogP contribution in [0.15, 0.2) is 0 Å². The molecule has 0 aliphatic carbocycles. The quantitative estimate of drug-likeness (QED) is 0.575. The summed E-state index contributed by atoms with van der Waals surface area (Å²) in [4.78, 5) is 16.1. The number of carbonyl (C=O) groups excluding carboxylic acids is 1. The van der Waals surface area contributed by atoms with Gasteiger partial charge in [-0.3, -0.25) is 9.63 Å². The van der Waals surface area contributed by atoms with Crippen LogP contribution < -0.4 is 11.2 Å². The number of amides is 1. The Morgan fingerprint density at radius 2 is 2.07 bits per heavy atom. The van der Waals surface area contributed by atoms with Crippen LogP contribution in [0.2, 0.25) is 0 Å². The molecule has 0 aromatic carbocycles. The number of hydrogen-bond acceptors (Lipinski definition) is 3. The van der Waals surface area contributed by atoms with E-state index >= 15 is 0 Å². The van der Waals surface area contributed by atoms with Crippen LogP contribution in [-0.2, 0) is 9.63 Å². The molecule has 0 saturated heterocycles. The molecule has 4 nitrogen and oxygen atoms in total. The fourth-order valence-corrected chi connectivity index (χ4v) is 1.62. The standard InChI is InChI=1S/C11H24N2O2/c1-3-5-10(8-9-12)6-7-11(14)13-15-4-2/h10H,3-9,12H2,1-2H3,(H,13,14). The molecule has 1 atom stereocenters. The van der Waals surface area contributed by atoms with Gasteiger partial charge in [0.15, 0.2) is 0 Å². The summed E-state index contributed by atoms with van der Waals surface area (Å²) in [6.07, 6.45) is 4.75. The first-order valence-corrected chi connectivity index (χ1v) is 5.85. The number of nitrogens with one attached hydrogen (secondary N) is 1. The van der Waals surface area contributed by atoms with Crippen molar-refractivity contribution in [2.45, 2.75) is 46.0 Å². The van der Waals surface area contributed by atoms with Gasteiger partial charge in [-0.25, -0.2) is 5.48 Å². The lowest BCUT2D eigenvalue weighted by Crippen LogP contribution is -2.24. The first-order chi connectivity index (χ1) is 7.24. The molecule has 0 aromatic heterocycles. The molecule has 1 amide bonds. The molecule has 0 aromatic rings. The van der Waals surface area contributed by atoms with Gasteiger partial charge in [-0.1, -0.05) is 19.8 Å². The van der Waals surface area contributed by atoms with Gasteiger partial charge in [0.2, 0.25) is 5.91 Å². The molecule has 0 radical (unpaired) electrons. The average Bonchev–Trinajstić information content (AvgIpc) is 2.23. The Labute approximate surface area is 92.5 Å². The number of carbonyl (C=O) groups is 1. The van der Waals surface area contributed by atoms with Gasteiger partial charge in [0.05, 0.1) is 6.61 Å². The topological polar surface area (TPSA) is 64.4 Å². The van der Waals surface area contributed by atoms with Gasteiger partial charge in [-0.2, -0.15) is 0 Å². The smallest absolute Gasteiger partial charge is 0.243 e. The van der Waals surface area contributed by atoms with E-state index in [9.17, 15) is 4.79 Å². The highest BCUT2D eigenvalue weighted by Gasteiger charge is 2.09. The van der Waals surface area contributed by atoms with Crippen LogP contribution in [0.3, 0.4) is 0 Å². The molecule has 0 aliphatic heterocycles. The molecule has 3 N–H and O–H groups in total. The zero-order chi connectivity index (χ0) is 11.5. The minimum atomic E-state index is -0.0324. The summed E-state index contributed by atoms with van der Waals surface area (Å²) in [6.45, 7) is 5.21. The van der Waals surface area contributed by atoms with E-state index in [1.165, 1.54) is 0 Å². The van der Waals surface area contributed by atoms with Crippen molar-refractivity contribution in [1.29, 1.82) is 0 Å². The molecule has 4 heteroatoms. The molecule has 0 saturated carbocycles. The molecule has 0 bridgehead atoms. The van der Waals surface area contributed by atoms with Crippen molar-refractivity contribution in [1.82, 2.24) is 5.48 Å². The van der Waals surface area contributed by atoms with E-state index in [4.69, 9.17) is 10.6 Å². The van der Waals surface area contributed by atoms with Gasteiger partial charge < -0.3 is 5.73 Å². The van der Waals surface area contributed by atoms with Crippen LogP contribution >= 0.6 is 0 Å². The van der Waals surface area contributed by atoms with Crippen LogP contribution in [0.1, 0.15) is 46.0 Å². The third-order valence-corrected chi connectivity index (χ3v) is 2.38. The molecule has 90 valence electrons. The third kappa shape index (κ3) is 8.39. The summed E-state index contributed by atoms with van der Waals surface area (Å²) >= 11 is 0. The molecule has 0 rings (SSSR count). The van der Waals surface area contributed by atoms with Crippen LogP contribution in [0, 0.1) is 5.92 Å². The van der Waals surface area contributed by atoms with E-state index in [0.717, 1.165) is 25.7 Å². The van der Waals surface area contributed by atoms with Crippen molar-refractivity contribution in [3.8, 4) is 0 Å². The van der Waals surface area contributed by atoms with Gasteiger partial charge in [0, 0.05) is 6.42 Å². The second-order valence-electron chi connectivity index (χ2n) is 3.73. The maximum atomic E-state index is 11.2. The van der Waals surface area contributed by atoms with Crippen molar-refractivity contribution in [3.63, 3.8) is 0 Å². The largest absolute Gasteiger partial charge is 0.330 e. The summed E-state index contributed by atoms with van der Waals surface area (Å²) in [5.41, 5.74) is 7.92. The van der Waals surface area contributed by atoms with E-state index in [2.05, 4.69) is 12.4 Å². The van der Waals surface area contributed by atoms with Crippen LogP contribution in [0.5, 0.6) is 0 Å². The van der Waals surface area contributed by atoms with Crippen molar-refractivity contribution in [2.24, 2.45) is 11.7 Å². The zero-order valence-electron chi connectivity index (χ0n) is 9.92. The van der Waals surface area contributed by atoms with Crippen molar-refractivity contribution >= 4 is 5.91 Å². The summed E-state index contributed by atoms with van der Waals surface area (Å²) in [7, 11) is 0. The third-order valence-electron chi connectivity index (χ3n) is 2.38. The van der Waals surface area contributed by atoms with Gasteiger partial charge in [0.1, 0.15) is 0 Å². The maximum Gasteiger partial charge on any atom is 0.243 e. The van der Waals surface area contributed by atoms with Crippen molar-refractivity contribution in [2.75, 3.05) is 13.2 Å². The highest BCUT2D eigenvalue weighted by atomic mass is 16.6. The van der Waals surface area contributed by atoms with E-state index in [1.807, 2.05) is 6.92 Å². The molecule has 0 spiro atoms. The SMILES string of the molecule is CCCC(CCN)CCC(=O)NOCC. The molecule has 1 unspecified atom stereocenters. The van der Waals surface area contributed by atoms with Gasteiger partial charge in [-0.05, 0) is 32.2 Å². The lowest BCUT2D eigenvalue weighted by Gasteiger charge is -2.14. The Bertz CT molecular complexity index is 157. The zero-order valence-corrected chi connectivity index (χ0v) is 9.92. The van der Waals surface area contributed by atoms with Crippen LogP contribution in [0.25, 0.3) is 0 Å². The van der Waals surface area contributed by atoms with E-state index in [0.29, 0.717) is 25.5 Å². The molecule has 0 fully saturated rings. The minimum absolute atomic E-state index is 0.0324. The Hall–Kier alpha value is -0.610. The highest BCUT2D eigenvalue weighted by Crippen LogP contribution is 2.16. The lowest BCUT2D eigenvalue weighted by atomic mass is 9.94. The fourth-order valence-electron chi connectivity index (χ4n) is 1.62. The van der Waals surface area contributed by atoms with Crippen molar-refractivity contribution in [3.05, 3.63) is 0 Å². The number of rotatable bonds is 9. The van der Waals surface area contributed by atoms with Gasteiger partial charge in [-0.15, -0.1) is 0 Å². The number of nitrogens with two attached hydrogens (primary N) is 1. The predicted octanol–water partition coefficient (Wildman–Crippen LogP) is 1.60. The molecule has 0 aliphatic rings. The second-order valence-corrected chi connectivity index (χ2v) is 3.73. The number of hydrogen-bond donors (Lipinski definition) is 2. The van der Waals surface area contributed by atoms with E-state index < -0.39 is 0 Å². The van der Waals surface area contributed by atoms with Crippen LogP contribution in [0.4, 0.5) is 0 Å². The second kappa shape index (κ2) is 9.93. The fraction of sp³-hybridized carbons (Fsp3) is 0.909. The Balaban J connectivity index is 3.62. The monoisotopic (exact) mass is 216 g/mol. The minimum Gasteiger partial charge on any atom is -0.330 e.